The Morgan fingerprint density at radius 3 is 2.94 bits per heavy atom. The maximum atomic E-state index is 12.7. The molecule has 16 heavy (non-hydrogen) atoms. The molecule has 2 aromatic heterocycles. The lowest BCUT2D eigenvalue weighted by molar-refractivity contribution is 0.583. The van der Waals surface area contributed by atoms with E-state index in [2.05, 4.69) is 17.3 Å². The molecule has 86 valence electrons. The molecular weight excluding hydrogens is 225 g/mol. The van der Waals surface area contributed by atoms with Gasteiger partial charge in [0.2, 0.25) is 0 Å². The van der Waals surface area contributed by atoms with E-state index in [9.17, 15) is 4.39 Å². The molecule has 0 aliphatic heterocycles. The van der Waals surface area contributed by atoms with Crippen LogP contribution >= 0.6 is 11.3 Å². The Labute approximate surface area is 97.9 Å². The number of aromatic nitrogens is 2. The number of nitrogens with zero attached hydrogens (tertiary/aromatic N) is 2. The van der Waals surface area contributed by atoms with E-state index in [1.54, 1.807) is 6.20 Å². The Morgan fingerprint density at radius 2 is 2.25 bits per heavy atom. The van der Waals surface area contributed by atoms with Crippen molar-refractivity contribution >= 4 is 11.3 Å². The van der Waals surface area contributed by atoms with Gasteiger partial charge in [0.25, 0.3) is 0 Å². The molecule has 3 nitrogen and oxygen atoms in total. The molecule has 0 radical (unpaired) electrons. The molecule has 0 amide bonds. The van der Waals surface area contributed by atoms with Gasteiger partial charge >= 0.3 is 0 Å². The molecule has 0 bridgehead atoms. The lowest BCUT2D eigenvalue weighted by Crippen LogP contribution is -2.15. The lowest BCUT2D eigenvalue weighted by atomic mass is 10.4. The summed E-state index contributed by atoms with van der Waals surface area (Å²) >= 11 is 1.18. The number of aryl methyl sites for hydroxylation is 1. The van der Waals surface area contributed by atoms with Gasteiger partial charge in [-0.1, -0.05) is 0 Å². The standard InChI is InChI=1S/C11H14FN3S/c1-2-15-9(5-6-14-15)7-13-8-10-3-4-11(12)16-10/h3-6,13H,2,7-8H2,1H3. The molecule has 5 heteroatoms. The van der Waals surface area contributed by atoms with Gasteiger partial charge in [0.15, 0.2) is 5.13 Å². The van der Waals surface area contributed by atoms with Crippen molar-refractivity contribution in [1.82, 2.24) is 15.1 Å². The van der Waals surface area contributed by atoms with Crippen LogP contribution < -0.4 is 5.32 Å². The second-order valence-corrected chi connectivity index (χ2v) is 4.57. The van der Waals surface area contributed by atoms with Gasteiger partial charge in [-0.15, -0.1) is 11.3 Å². The average Bonchev–Trinajstić information content (AvgIpc) is 2.87. The van der Waals surface area contributed by atoms with Crippen molar-refractivity contribution < 1.29 is 4.39 Å². The average molecular weight is 239 g/mol. The molecule has 0 aromatic carbocycles. The highest BCUT2D eigenvalue weighted by molar-refractivity contribution is 7.10. The molecule has 1 N–H and O–H groups in total. The molecule has 0 fully saturated rings. The molecule has 2 heterocycles. The number of hydrogen-bond donors (Lipinski definition) is 1. The molecule has 0 aliphatic rings. The normalized spacial score (nSPS) is 10.9. The molecule has 0 spiro atoms. The maximum absolute atomic E-state index is 12.7. The van der Waals surface area contributed by atoms with Crippen LogP contribution in [0.3, 0.4) is 0 Å². The Morgan fingerprint density at radius 1 is 1.38 bits per heavy atom. The van der Waals surface area contributed by atoms with Crippen molar-refractivity contribution in [2.45, 2.75) is 26.6 Å². The van der Waals surface area contributed by atoms with Crippen molar-refractivity contribution in [3.05, 3.63) is 40.1 Å². The first-order valence-corrected chi connectivity index (χ1v) is 6.07. The summed E-state index contributed by atoms with van der Waals surface area (Å²) in [5, 5.41) is 7.33. The van der Waals surface area contributed by atoms with Gasteiger partial charge in [-0.25, -0.2) is 0 Å². The van der Waals surface area contributed by atoms with Gasteiger partial charge in [0, 0.05) is 30.7 Å². The molecular formula is C11H14FN3S. The van der Waals surface area contributed by atoms with Crippen molar-refractivity contribution in [3.63, 3.8) is 0 Å². The Bertz CT molecular complexity index is 450. The number of rotatable bonds is 5. The number of nitrogens with one attached hydrogen (secondary N) is 1. The van der Waals surface area contributed by atoms with Gasteiger partial charge in [0.1, 0.15) is 0 Å². The largest absolute Gasteiger partial charge is 0.306 e. The topological polar surface area (TPSA) is 29.9 Å². The Balaban J connectivity index is 1.84. The van der Waals surface area contributed by atoms with E-state index in [0.29, 0.717) is 6.54 Å². The van der Waals surface area contributed by atoms with Crippen LogP contribution in [-0.4, -0.2) is 9.78 Å². The molecule has 0 saturated carbocycles. The van der Waals surface area contributed by atoms with E-state index < -0.39 is 0 Å². The summed E-state index contributed by atoms with van der Waals surface area (Å²) < 4.78 is 14.7. The molecule has 0 atom stereocenters. The highest BCUT2D eigenvalue weighted by atomic mass is 32.1. The van der Waals surface area contributed by atoms with Gasteiger partial charge in [-0.05, 0) is 25.1 Å². The first kappa shape index (κ1) is 11.3. The molecule has 0 unspecified atom stereocenters. The third-order valence-electron chi connectivity index (χ3n) is 2.34. The van der Waals surface area contributed by atoms with E-state index in [4.69, 9.17) is 0 Å². The molecule has 0 aliphatic carbocycles. The third kappa shape index (κ3) is 2.68. The van der Waals surface area contributed by atoms with E-state index in [0.717, 1.165) is 23.7 Å². The number of hydrogen-bond acceptors (Lipinski definition) is 3. The van der Waals surface area contributed by atoms with Crippen LogP contribution in [0, 0.1) is 5.13 Å². The van der Waals surface area contributed by atoms with Gasteiger partial charge in [0.05, 0.1) is 5.69 Å². The van der Waals surface area contributed by atoms with Gasteiger partial charge in [-0.2, -0.15) is 9.49 Å². The lowest BCUT2D eigenvalue weighted by Gasteiger charge is -2.05. The molecule has 0 saturated heterocycles. The van der Waals surface area contributed by atoms with Crippen LogP contribution in [0.4, 0.5) is 4.39 Å². The van der Waals surface area contributed by atoms with Crippen LogP contribution in [0.2, 0.25) is 0 Å². The van der Waals surface area contributed by atoms with Crippen LogP contribution in [0.1, 0.15) is 17.5 Å². The van der Waals surface area contributed by atoms with Crippen molar-refractivity contribution in [1.29, 1.82) is 0 Å². The zero-order valence-electron chi connectivity index (χ0n) is 9.11. The second kappa shape index (κ2) is 5.23. The number of thiophene rings is 1. The molecule has 2 aromatic rings. The summed E-state index contributed by atoms with van der Waals surface area (Å²) in [6, 6.07) is 5.30. The summed E-state index contributed by atoms with van der Waals surface area (Å²) in [4.78, 5) is 1.01. The van der Waals surface area contributed by atoms with Crippen LogP contribution in [0.5, 0.6) is 0 Å². The summed E-state index contributed by atoms with van der Waals surface area (Å²) in [7, 11) is 0. The van der Waals surface area contributed by atoms with E-state index >= 15 is 0 Å². The molecule has 2 rings (SSSR count). The maximum Gasteiger partial charge on any atom is 0.176 e. The zero-order chi connectivity index (χ0) is 11.4. The minimum Gasteiger partial charge on any atom is -0.306 e. The zero-order valence-corrected chi connectivity index (χ0v) is 9.93. The van der Waals surface area contributed by atoms with Crippen molar-refractivity contribution in [2.75, 3.05) is 0 Å². The third-order valence-corrected chi connectivity index (χ3v) is 3.21. The van der Waals surface area contributed by atoms with E-state index in [1.807, 2.05) is 16.8 Å². The predicted octanol–water partition coefficient (Wildman–Crippen LogP) is 2.39. The van der Waals surface area contributed by atoms with Crippen molar-refractivity contribution in [2.24, 2.45) is 0 Å². The fraction of sp³-hybridized carbons (Fsp3) is 0.364. The smallest absolute Gasteiger partial charge is 0.176 e. The highest BCUT2D eigenvalue weighted by Gasteiger charge is 2.01. The Hall–Kier alpha value is -1.20. The van der Waals surface area contributed by atoms with E-state index in [1.165, 1.54) is 17.4 Å². The number of halogens is 1. The van der Waals surface area contributed by atoms with E-state index in [-0.39, 0.29) is 5.13 Å². The van der Waals surface area contributed by atoms with Crippen LogP contribution in [0.25, 0.3) is 0 Å². The van der Waals surface area contributed by atoms with Gasteiger partial charge < -0.3 is 5.32 Å². The van der Waals surface area contributed by atoms with Crippen molar-refractivity contribution in [3.8, 4) is 0 Å². The summed E-state index contributed by atoms with van der Waals surface area (Å²) in [6.07, 6.45) is 1.80. The van der Waals surface area contributed by atoms with Crippen LogP contribution in [-0.2, 0) is 19.6 Å². The SMILES string of the molecule is CCn1nccc1CNCc1ccc(F)s1. The summed E-state index contributed by atoms with van der Waals surface area (Å²) in [6.45, 7) is 4.39. The Kier molecular flexibility index (Phi) is 3.69. The van der Waals surface area contributed by atoms with Crippen LogP contribution in [0.15, 0.2) is 24.4 Å². The minimum absolute atomic E-state index is 0.129. The minimum atomic E-state index is -0.129. The predicted molar refractivity (Wildman–Crippen MR) is 62.7 cm³/mol. The fourth-order valence-corrected chi connectivity index (χ4v) is 2.25. The first-order chi connectivity index (χ1) is 7.79. The van der Waals surface area contributed by atoms with Gasteiger partial charge in [-0.3, -0.25) is 4.68 Å². The summed E-state index contributed by atoms with van der Waals surface area (Å²) in [5.41, 5.74) is 1.15. The first-order valence-electron chi connectivity index (χ1n) is 5.25. The quantitative estimate of drug-likeness (QED) is 0.868. The monoisotopic (exact) mass is 239 g/mol. The second-order valence-electron chi connectivity index (χ2n) is 3.45. The summed E-state index contributed by atoms with van der Waals surface area (Å²) in [5.74, 6) is 0. The highest BCUT2D eigenvalue weighted by Crippen LogP contribution is 2.13. The fourth-order valence-electron chi connectivity index (χ4n) is 1.56.